The summed E-state index contributed by atoms with van der Waals surface area (Å²) in [5.74, 6) is -0.00951. The van der Waals surface area contributed by atoms with Gasteiger partial charge in [0.05, 0.1) is 10.6 Å². The summed E-state index contributed by atoms with van der Waals surface area (Å²) < 4.78 is 5.40. The molecule has 1 heterocycles. The lowest BCUT2D eigenvalue weighted by atomic mass is 10.1. The van der Waals surface area contributed by atoms with Gasteiger partial charge in [0.15, 0.2) is 6.61 Å². The van der Waals surface area contributed by atoms with E-state index in [0.29, 0.717) is 27.5 Å². The van der Waals surface area contributed by atoms with Crippen molar-refractivity contribution in [1.29, 1.82) is 0 Å². The Morgan fingerprint density at radius 1 is 1.10 bits per heavy atom. The molecule has 4 rings (SSSR count). The van der Waals surface area contributed by atoms with Gasteiger partial charge < -0.3 is 10.1 Å². The molecule has 0 aliphatic rings. The zero-order chi connectivity index (χ0) is 22.0. The van der Waals surface area contributed by atoms with Crippen LogP contribution in [-0.4, -0.2) is 32.4 Å². The van der Waals surface area contributed by atoms with Gasteiger partial charge in [0.25, 0.3) is 11.6 Å². The van der Waals surface area contributed by atoms with E-state index in [4.69, 9.17) is 16.3 Å². The minimum Gasteiger partial charge on any atom is -0.484 e. The first-order chi connectivity index (χ1) is 14.9. The van der Waals surface area contributed by atoms with Crippen LogP contribution >= 0.6 is 11.6 Å². The summed E-state index contributed by atoms with van der Waals surface area (Å²) in [6, 6.07) is 16.2. The van der Waals surface area contributed by atoms with Crippen molar-refractivity contribution in [3.63, 3.8) is 0 Å². The number of hydrogen-bond donors (Lipinski definition) is 1. The third-order valence-corrected chi connectivity index (χ3v) is 4.73. The van der Waals surface area contributed by atoms with Crippen LogP contribution in [0.25, 0.3) is 16.7 Å². The first-order valence-electron chi connectivity index (χ1n) is 9.20. The molecule has 0 bridgehead atoms. The van der Waals surface area contributed by atoms with Crippen molar-refractivity contribution in [2.75, 3.05) is 11.9 Å². The van der Waals surface area contributed by atoms with E-state index < -0.39 is 4.92 Å². The van der Waals surface area contributed by atoms with Gasteiger partial charge in [0, 0.05) is 22.8 Å². The normalized spacial score (nSPS) is 10.8. The maximum Gasteiger partial charge on any atom is 0.269 e. The van der Waals surface area contributed by atoms with Gasteiger partial charge in [-0.2, -0.15) is 4.80 Å². The second-order valence-electron chi connectivity index (χ2n) is 6.71. The number of amides is 1. The van der Waals surface area contributed by atoms with Crippen LogP contribution in [-0.2, 0) is 4.79 Å². The summed E-state index contributed by atoms with van der Waals surface area (Å²) in [5, 5.41) is 23.0. The highest BCUT2D eigenvalue weighted by atomic mass is 35.5. The number of carbonyl (C=O) groups is 1. The number of fused-ring (bicyclic) bond motifs is 1. The number of non-ortho nitro benzene ring substituents is 1. The molecule has 0 fully saturated rings. The SMILES string of the molecule is Cc1cc2nn(-c3ccc(Cl)cc3)nc2cc1NC(=O)COc1ccc([N+](=O)[O-])cc1. The standard InChI is InChI=1S/C21H16ClN5O4/c1-13-10-19-20(25-26(24-19)15-4-2-14(22)3-5-15)11-18(13)23-21(28)12-31-17-8-6-16(7-9-17)27(29)30/h2-11H,12H2,1H3,(H,23,28). The number of halogens is 1. The predicted octanol–water partition coefficient (Wildman–Crippen LogP) is 4.31. The number of anilines is 1. The van der Waals surface area contributed by atoms with Gasteiger partial charge in [0.2, 0.25) is 0 Å². The molecule has 9 nitrogen and oxygen atoms in total. The van der Waals surface area contributed by atoms with Crippen molar-refractivity contribution in [3.8, 4) is 11.4 Å². The minimum absolute atomic E-state index is 0.0487. The number of aryl methyl sites for hydroxylation is 1. The number of carbonyl (C=O) groups excluding carboxylic acids is 1. The average Bonchev–Trinajstić information content (AvgIpc) is 3.16. The molecule has 3 aromatic carbocycles. The van der Waals surface area contributed by atoms with Crippen LogP contribution in [0.1, 0.15) is 5.56 Å². The van der Waals surface area contributed by atoms with E-state index in [-0.39, 0.29) is 18.2 Å². The molecule has 0 unspecified atom stereocenters. The van der Waals surface area contributed by atoms with Gasteiger partial charge in [-0.15, -0.1) is 10.2 Å². The Hall–Kier alpha value is -3.98. The number of nitro benzene ring substituents is 1. The highest BCUT2D eigenvalue weighted by Crippen LogP contribution is 2.23. The molecule has 0 aliphatic heterocycles. The van der Waals surface area contributed by atoms with Gasteiger partial charge in [0.1, 0.15) is 16.8 Å². The first-order valence-corrected chi connectivity index (χ1v) is 9.57. The Balaban J connectivity index is 1.46. The molecule has 0 aliphatic carbocycles. The lowest BCUT2D eigenvalue weighted by Crippen LogP contribution is -2.20. The van der Waals surface area contributed by atoms with Crippen molar-refractivity contribution in [1.82, 2.24) is 15.0 Å². The number of ether oxygens (including phenoxy) is 1. The molecular weight excluding hydrogens is 422 g/mol. The van der Waals surface area contributed by atoms with E-state index in [0.717, 1.165) is 11.3 Å². The molecular formula is C21H16ClN5O4. The van der Waals surface area contributed by atoms with Crippen LogP contribution in [0, 0.1) is 17.0 Å². The molecule has 0 saturated carbocycles. The highest BCUT2D eigenvalue weighted by molar-refractivity contribution is 6.30. The Kier molecular flexibility index (Phi) is 5.50. The molecule has 0 atom stereocenters. The largest absolute Gasteiger partial charge is 0.484 e. The number of nitro groups is 1. The van der Waals surface area contributed by atoms with E-state index in [9.17, 15) is 14.9 Å². The van der Waals surface area contributed by atoms with Gasteiger partial charge in [-0.25, -0.2) is 0 Å². The van der Waals surface area contributed by atoms with Crippen LogP contribution < -0.4 is 10.1 Å². The lowest BCUT2D eigenvalue weighted by Gasteiger charge is -2.09. The molecule has 156 valence electrons. The molecule has 0 radical (unpaired) electrons. The lowest BCUT2D eigenvalue weighted by molar-refractivity contribution is -0.384. The Labute approximate surface area is 181 Å². The predicted molar refractivity (Wildman–Crippen MR) is 116 cm³/mol. The van der Waals surface area contributed by atoms with Crippen molar-refractivity contribution in [3.05, 3.63) is 81.4 Å². The van der Waals surface area contributed by atoms with E-state index in [1.54, 1.807) is 18.2 Å². The van der Waals surface area contributed by atoms with Crippen molar-refractivity contribution >= 4 is 39.9 Å². The van der Waals surface area contributed by atoms with Gasteiger partial charge >= 0.3 is 0 Å². The molecule has 31 heavy (non-hydrogen) atoms. The minimum atomic E-state index is -0.501. The van der Waals surface area contributed by atoms with E-state index in [1.165, 1.54) is 29.1 Å². The van der Waals surface area contributed by atoms with Crippen LogP contribution in [0.15, 0.2) is 60.7 Å². The first kappa shape index (κ1) is 20.3. The Morgan fingerprint density at radius 2 is 1.74 bits per heavy atom. The fourth-order valence-electron chi connectivity index (χ4n) is 2.89. The fraction of sp³-hybridized carbons (Fsp3) is 0.0952. The number of nitrogens with one attached hydrogen (secondary N) is 1. The fourth-order valence-corrected chi connectivity index (χ4v) is 3.02. The average molecular weight is 438 g/mol. The monoisotopic (exact) mass is 437 g/mol. The number of rotatable bonds is 6. The van der Waals surface area contributed by atoms with Gasteiger partial charge in [-0.1, -0.05) is 11.6 Å². The highest BCUT2D eigenvalue weighted by Gasteiger charge is 2.12. The topological polar surface area (TPSA) is 112 Å². The van der Waals surface area contributed by atoms with Crippen LogP contribution in [0.5, 0.6) is 5.75 Å². The molecule has 1 amide bonds. The van der Waals surface area contributed by atoms with Crippen molar-refractivity contribution in [2.45, 2.75) is 6.92 Å². The third-order valence-electron chi connectivity index (χ3n) is 4.48. The molecule has 0 saturated heterocycles. The maximum absolute atomic E-state index is 12.3. The number of aromatic nitrogens is 3. The summed E-state index contributed by atoms with van der Waals surface area (Å²) >= 11 is 5.92. The maximum atomic E-state index is 12.3. The zero-order valence-electron chi connectivity index (χ0n) is 16.3. The zero-order valence-corrected chi connectivity index (χ0v) is 17.0. The number of benzene rings is 3. The number of hydrogen-bond acceptors (Lipinski definition) is 6. The molecule has 4 aromatic rings. The second kappa shape index (κ2) is 8.41. The Bertz CT molecular complexity index is 1270. The summed E-state index contributed by atoms with van der Waals surface area (Å²) in [5.41, 5.74) is 3.43. The van der Waals surface area contributed by atoms with Crippen LogP contribution in [0.4, 0.5) is 11.4 Å². The molecule has 0 spiro atoms. The van der Waals surface area contributed by atoms with E-state index in [2.05, 4.69) is 15.5 Å². The van der Waals surface area contributed by atoms with Gasteiger partial charge in [-0.3, -0.25) is 14.9 Å². The second-order valence-corrected chi connectivity index (χ2v) is 7.15. The number of nitrogens with zero attached hydrogens (tertiary/aromatic N) is 4. The molecule has 1 aromatic heterocycles. The van der Waals surface area contributed by atoms with E-state index >= 15 is 0 Å². The summed E-state index contributed by atoms with van der Waals surface area (Å²) in [7, 11) is 0. The summed E-state index contributed by atoms with van der Waals surface area (Å²) in [4.78, 5) is 24.0. The smallest absolute Gasteiger partial charge is 0.269 e. The van der Waals surface area contributed by atoms with Crippen molar-refractivity contribution in [2.24, 2.45) is 0 Å². The summed E-state index contributed by atoms with van der Waals surface area (Å²) in [6.07, 6.45) is 0. The molecule has 1 N–H and O–H groups in total. The van der Waals surface area contributed by atoms with Gasteiger partial charge in [-0.05, 0) is 61.0 Å². The van der Waals surface area contributed by atoms with E-state index in [1.807, 2.05) is 25.1 Å². The van der Waals surface area contributed by atoms with Crippen LogP contribution in [0.2, 0.25) is 5.02 Å². The van der Waals surface area contributed by atoms with Crippen LogP contribution in [0.3, 0.4) is 0 Å². The Morgan fingerprint density at radius 3 is 2.39 bits per heavy atom. The molecule has 10 heteroatoms. The van der Waals surface area contributed by atoms with Crippen molar-refractivity contribution < 1.29 is 14.5 Å². The summed E-state index contributed by atoms with van der Waals surface area (Å²) in [6.45, 7) is 1.61. The third kappa shape index (κ3) is 4.62. The quantitative estimate of drug-likeness (QED) is 0.355.